The number of nitrogens with zero attached hydrogens (tertiary/aromatic N) is 2. The Kier molecular flexibility index (Phi) is 8.94. The molecule has 0 atom stereocenters. The largest absolute Gasteiger partial charge is 0.444 e. The van der Waals surface area contributed by atoms with E-state index in [1.807, 2.05) is 30.3 Å². The number of oxazole rings is 1. The molecule has 1 saturated carbocycles. The van der Waals surface area contributed by atoms with E-state index in [1.165, 1.54) is 38.5 Å². The molecule has 1 fully saturated rings. The third kappa shape index (κ3) is 6.30. The standard InChI is InChI=1S/C20H28N4O.HI/c1-21-20(22-13-7-10-16-8-5-6-9-16)23-14-18-15-25-19(24-18)17-11-3-2-4-12-17;/h2-4,11-12,15-16H,5-10,13-14H2,1H3,(H2,21,22,23);1H. The van der Waals surface area contributed by atoms with Crippen LogP contribution in [0.3, 0.4) is 0 Å². The summed E-state index contributed by atoms with van der Waals surface area (Å²) in [5.41, 5.74) is 1.86. The Bertz CT molecular complexity index is 665. The van der Waals surface area contributed by atoms with Crippen molar-refractivity contribution in [3.63, 3.8) is 0 Å². The highest BCUT2D eigenvalue weighted by atomic mass is 127. The molecule has 142 valence electrons. The van der Waals surface area contributed by atoms with Gasteiger partial charge in [0.25, 0.3) is 0 Å². The molecular weight excluding hydrogens is 439 g/mol. The van der Waals surface area contributed by atoms with Crippen LogP contribution in [-0.4, -0.2) is 24.5 Å². The fourth-order valence-electron chi connectivity index (χ4n) is 3.39. The first-order valence-corrected chi connectivity index (χ1v) is 9.29. The van der Waals surface area contributed by atoms with Crippen LogP contribution in [0.4, 0.5) is 0 Å². The molecule has 1 aliphatic rings. The summed E-state index contributed by atoms with van der Waals surface area (Å²) < 4.78 is 5.56. The maximum absolute atomic E-state index is 5.56. The molecule has 1 heterocycles. The van der Waals surface area contributed by atoms with Gasteiger partial charge in [-0.1, -0.05) is 43.9 Å². The fraction of sp³-hybridized carbons (Fsp3) is 0.500. The van der Waals surface area contributed by atoms with Crippen LogP contribution < -0.4 is 10.6 Å². The number of hydrogen-bond donors (Lipinski definition) is 2. The molecule has 0 saturated heterocycles. The van der Waals surface area contributed by atoms with Crippen LogP contribution in [0.25, 0.3) is 11.5 Å². The lowest BCUT2D eigenvalue weighted by Gasteiger charge is -2.12. The summed E-state index contributed by atoms with van der Waals surface area (Å²) in [6.07, 6.45) is 9.91. The van der Waals surface area contributed by atoms with Crippen LogP contribution in [0.5, 0.6) is 0 Å². The van der Waals surface area contributed by atoms with Crippen molar-refractivity contribution in [3.8, 4) is 11.5 Å². The summed E-state index contributed by atoms with van der Waals surface area (Å²) >= 11 is 0. The van der Waals surface area contributed by atoms with Gasteiger partial charge < -0.3 is 15.1 Å². The first-order chi connectivity index (χ1) is 12.3. The minimum absolute atomic E-state index is 0. The average molecular weight is 468 g/mol. The van der Waals surface area contributed by atoms with Gasteiger partial charge in [-0.05, 0) is 30.9 Å². The second-order valence-corrected chi connectivity index (χ2v) is 6.66. The summed E-state index contributed by atoms with van der Waals surface area (Å²) in [6, 6.07) is 9.93. The number of hydrogen-bond acceptors (Lipinski definition) is 3. The third-order valence-corrected chi connectivity index (χ3v) is 4.79. The van der Waals surface area contributed by atoms with E-state index >= 15 is 0 Å². The number of aliphatic imine (C=N–C) groups is 1. The van der Waals surface area contributed by atoms with Crippen molar-refractivity contribution in [1.29, 1.82) is 0 Å². The van der Waals surface area contributed by atoms with E-state index in [0.717, 1.165) is 29.7 Å². The van der Waals surface area contributed by atoms with E-state index in [2.05, 4.69) is 20.6 Å². The van der Waals surface area contributed by atoms with Crippen molar-refractivity contribution in [2.45, 2.75) is 45.1 Å². The molecule has 0 aliphatic heterocycles. The second kappa shape index (κ2) is 11.2. The van der Waals surface area contributed by atoms with E-state index < -0.39 is 0 Å². The van der Waals surface area contributed by atoms with Crippen molar-refractivity contribution in [1.82, 2.24) is 15.6 Å². The van der Waals surface area contributed by atoms with Crippen molar-refractivity contribution in [2.24, 2.45) is 10.9 Å². The number of benzene rings is 1. The maximum Gasteiger partial charge on any atom is 0.226 e. The van der Waals surface area contributed by atoms with Gasteiger partial charge in [0.15, 0.2) is 5.96 Å². The number of rotatable bonds is 7. The lowest BCUT2D eigenvalue weighted by Crippen LogP contribution is -2.37. The lowest BCUT2D eigenvalue weighted by atomic mass is 10.0. The van der Waals surface area contributed by atoms with Crippen molar-refractivity contribution >= 4 is 29.9 Å². The number of aromatic nitrogens is 1. The predicted octanol–water partition coefficient (Wildman–Crippen LogP) is 4.60. The SMILES string of the molecule is CN=C(NCCCC1CCCC1)NCc1coc(-c2ccccc2)n1.I. The Morgan fingerprint density at radius 3 is 2.69 bits per heavy atom. The van der Waals surface area contributed by atoms with Gasteiger partial charge in [-0.15, -0.1) is 24.0 Å². The molecule has 2 aromatic rings. The number of guanidine groups is 1. The fourth-order valence-corrected chi connectivity index (χ4v) is 3.39. The average Bonchev–Trinajstić information content (AvgIpc) is 3.34. The zero-order valence-electron chi connectivity index (χ0n) is 15.4. The first kappa shape index (κ1) is 20.7. The molecule has 5 nitrogen and oxygen atoms in total. The van der Waals surface area contributed by atoms with Crippen molar-refractivity contribution < 1.29 is 4.42 Å². The number of nitrogens with one attached hydrogen (secondary N) is 2. The summed E-state index contributed by atoms with van der Waals surface area (Å²) in [7, 11) is 1.80. The van der Waals surface area contributed by atoms with Gasteiger partial charge in [-0.25, -0.2) is 4.98 Å². The zero-order valence-corrected chi connectivity index (χ0v) is 17.7. The van der Waals surface area contributed by atoms with Crippen molar-refractivity contribution in [2.75, 3.05) is 13.6 Å². The Morgan fingerprint density at radius 2 is 1.96 bits per heavy atom. The van der Waals surface area contributed by atoms with Gasteiger partial charge in [-0.3, -0.25) is 4.99 Å². The third-order valence-electron chi connectivity index (χ3n) is 4.79. The molecule has 1 aromatic heterocycles. The summed E-state index contributed by atoms with van der Waals surface area (Å²) in [6.45, 7) is 1.56. The normalized spacial score (nSPS) is 14.9. The number of halogens is 1. The highest BCUT2D eigenvalue weighted by Crippen LogP contribution is 2.28. The van der Waals surface area contributed by atoms with Crippen LogP contribution in [0.2, 0.25) is 0 Å². The van der Waals surface area contributed by atoms with Crippen LogP contribution in [0.1, 0.15) is 44.2 Å². The Hall–Kier alpha value is -1.57. The molecule has 0 amide bonds. The van der Waals surface area contributed by atoms with E-state index in [9.17, 15) is 0 Å². The molecule has 0 spiro atoms. The van der Waals surface area contributed by atoms with Gasteiger partial charge in [-0.2, -0.15) is 0 Å². The topological polar surface area (TPSA) is 62.5 Å². The molecular formula is C20H29IN4O. The predicted molar refractivity (Wildman–Crippen MR) is 117 cm³/mol. The molecule has 0 unspecified atom stereocenters. The Labute approximate surface area is 173 Å². The van der Waals surface area contributed by atoms with Gasteiger partial charge >= 0.3 is 0 Å². The summed E-state index contributed by atoms with van der Waals surface area (Å²) in [5.74, 6) is 2.41. The summed E-state index contributed by atoms with van der Waals surface area (Å²) in [5, 5.41) is 6.68. The van der Waals surface area contributed by atoms with E-state index in [0.29, 0.717) is 12.4 Å². The molecule has 26 heavy (non-hydrogen) atoms. The van der Waals surface area contributed by atoms with Gasteiger partial charge in [0, 0.05) is 19.2 Å². The van der Waals surface area contributed by atoms with Crippen LogP contribution in [0.15, 0.2) is 46.0 Å². The monoisotopic (exact) mass is 468 g/mol. The lowest BCUT2D eigenvalue weighted by molar-refractivity contribution is 0.481. The zero-order chi connectivity index (χ0) is 17.3. The molecule has 2 N–H and O–H groups in total. The highest BCUT2D eigenvalue weighted by Gasteiger charge is 2.14. The van der Waals surface area contributed by atoms with Crippen LogP contribution >= 0.6 is 24.0 Å². The first-order valence-electron chi connectivity index (χ1n) is 9.29. The minimum Gasteiger partial charge on any atom is -0.444 e. The Balaban J connectivity index is 0.00000243. The molecule has 0 radical (unpaired) electrons. The minimum atomic E-state index is 0. The van der Waals surface area contributed by atoms with Crippen molar-refractivity contribution in [3.05, 3.63) is 42.3 Å². The van der Waals surface area contributed by atoms with E-state index in [-0.39, 0.29) is 24.0 Å². The molecule has 6 heteroatoms. The molecule has 1 aliphatic carbocycles. The van der Waals surface area contributed by atoms with E-state index in [4.69, 9.17) is 4.42 Å². The highest BCUT2D eigenvalue weighted by molar-refractivity contribution is 14.0. The van der Waals surface area contributed by atoms with Crippen LogP contribution in [0, 0.1) is 5.92 Å². The molecule has 0 bridgehead atoms. The maximum atomic E-state index is 5.56. The van der Waals surface area contributed by atoms with Gasteiger partial charge in [0.1, 0.15) is 6.26 Å². The van der Waals surface area contributed by atoms with Gasteiger partial charge in [0.05, 0.1) is 12.2 Å². The summed E-state index contributed by atoms with van der Waals surface area (Å²) in [4.78, 5) is 8.80. The second-order valence-electron chi connectivity index (χ2n) is 6.66. The van der Waals surface area contributed by atoms with E-state index in [1.54, 1.807) is 13.3 Å². The Morgan fingerprint density at radius 1 is 1.19 bits per heavy atom. The molecule has 1 aromatic carbocycles. The smallest absolute Gasteiger partial charge is 0.226 e. The quantitative estimate of drug-likeness (QED) is 0.270. The molecule has 3 rings (SSSR count). The van der Waals surface area contributed by atoms with Crippen LogP contribution in [-0.2, 0) is 6.54 Å². The van der Waals surface area contributed by atoms with Gasteiger partial charge in [0.2, 0.25) is 5.89 Å².